The normalized spacial score (nSPS) is 17.1. The zero-order valence-corrected chi connectivity index (χ0v) is 14.7. The van der Waals surface area contributed by atoms with Crippen LogP contribution >= 0.6 is 0 Å². The summed E-state index contributed by atoms with van der Waals surface area (Å²) in [4.78, 5) is 19.1. The van der Waals surface area contributed by atoms with Crippen LogP contribution in [0.2, 0.25) is 0 Å². The molecule has 1 unspecified atom stereocenters. The van der Waals surface area contributed by atoms with E-state index < -0.39 is 0 Å². The van der Waals surface area contributed by atoms with Crippen LogP contribution < -0.4 is 5.73 Å². The molecule has 1 aromatic carbocycles. The SMILES string of the molecule is NCCn1nc(C2CCN(C(=O)Cc3ccccc3)C2)c2cccnc21. The summed E-state index contributed by atoms with van der Waals surface area (Å²) in [7, 11) is 0. The molecule has 1 saturated heterocycles. The van der Waals surface area contributed by atoms with E-state index in [1.165, 1.54) is 0 Å². The standard InChI is InChI=1S/C20H23N5O/c21-9-12-25-20-17(7-4-10-22-20)19(23-25)16-8-11-24(14-16)18(26)13-15-5-2-1-3-6-15/h1-7,10,16H,8-9,11-14,21H2. The van der Waals surface area contributed by atoms with Crippen LogP contribution in [-0.2, 0) is 17.8 Å². The highest BCUT2D eigenvalue weighted by atomic mass is 16.2. The third-order valence-corrected chi connectivity index (χ3v) is 5.00. The van der Waals surface area contributed by atoms with Crippen molar-refractivity contribution in [2.24, 2.45) is 5.73 Å². The molecule has 3 heterocycles. The number of pyridine rings is 1. The van der Waals surface area contributed by atoms with Gasteiger partial charge in [-0.3, -0.25) is 4.79 Å². The summed E-state index contributed by atoms with van der Waals surface area (Å²) in [6.07, 6.45) is 3.17. The van der Waals surface area contributed by atoms with E-state index in [4.69, 9.17) is 10.8 Å². The first kappa shape index (κ1) is 16.7. The van der Waals surface area contributed by atoms with E-state index >= 15 is 0 Å². The highest BCUT2D eigenvalue weighted by Gasteiger charge is 2.30. The molecule has 134 valence electrons. The fourth-order valence-corrected chi connectivity index (χ4v) is 3.71. The molecule has 3 aromatic rings. The topological polar surface area (TPSA) is 77.0 Å². The van der Waals surface area contributed by atoms with E-state index in [1.807, 2.05) is 46.0 Å². The summed E-state index contributed by atoms with van der Waals surface area (Å²) in [6, 6.07) is 13.9. The van der Waals surface area contributed by atoms with Gasteiger partial charge in [0.25, 0.3) is 0 Å². The molecule has 4 rings (SSSR count). The summed E-state index contributed by atoms with van der Waals surface area (Å²) in [5.74, 6) is 0.433. The monoisotopic (exact) mass is 349 g/mol. The van der Waals surface area contributed by atoms with Crippen LogP contribution in [0.1, 0.15) is 23.6 Å². The average Bonchev–Trinajstić information content (AvgIpc) is 3.28. The summed E-state index contributed by atoms with van der Waals surface area (Å²) < 4.78 is 1.89. The van der Waals surface area contributed by atoms with Gasteiger partial charge in [-0.1, -0.05) is 30.3 Å². The number of carbonyl (C=O) groups is 1. The van der Waals surface area contributed by atoms with Crippen molar-refractivity contribution in [2.45, 2.75) is 25.3 Å². The minimum atomic E-state index is 0.183. The van der Waals surface area contributed by atoms with Gasteiger partial charge in [-0.15, -0.1) is 0 Å². The Morgan fingerprint density at radius 2 is 2.04 bits per heavy atom. The van der Waals surface area contributed by atoms with Crippen molar-refractivity contribution in [3.05, 3.63) is 59.9 Å². The lowest BCUT2D eigenvalue weighted by molar-refractivity contribution is -0.129. The first-order valence-electron chi connectivity index (χ1n) is 9.09. The molecule has 6 nitrogen and oxygen atoms in total. The van der Waals surface area contributed by atoms with E-state index in [-0.39, 0.29) is 11.8 Å². The van der Waals surface area contributed by atoms with Gasteiger partial charge < -0.3 is 10.6 Å². The van der Waals surface area contributed by atoms with Gasteiger partial charge in [0.1, 0.15) is 0 Å². The van der Waals surface area contributed by atoms with Crippen LogP contribution in [0.5, 0.6) is 0 Å². The number of rotatable bonds is 5. The fraction of sp³-hybridized carbons (Fsp3) is 0.350. The number of carbonyl (C=O) groups excluding carboxylic acids is 1. The first-order chi connectivity index (χ1) is 12.8. The highest BCUT2D eigenvalue weighted by Crippen LogP contribution is 2.31. The lowest BCUT2D eigenvalue weighted by Gasteiger charge is -2.16. The molecule has 2 aromatic heterocycles. The molecule has 0 spiro atoms. The number of nitrogens with two attached hydrogens (primary N) is 1. The molecule has 2 N–H and O–H groups in total. The Balaban J connectivity index is 1.52. The third kappa shape index (κ3) is 3.20. The minimum Gasteiger partial charge on any atom is -0.342 e. The third-order valence-electron chi connectivity index (χ3n) is 5.00. The van der Waals surface area contributed by atoms with Gasteiger partial charge in [-0.05, 0) is 24.1 Å². The average molecular weight is 349 g/mol. The van der Waals surface area contributed by atoms with Crippen molar-refractivity contribution in [3.63, 3.8) is 0 Å². The Hall–Kier alpha value is -2.73. The van der Waals surface area contributed by atoms with Crippen LogP contribution in [0.15, 0.2) is 48.7 Å². The fourth-order valence-electron chi connectivity index (χ4n) is 3.71. The number of hydrogen-bond donors (Lipinski definition) is 1. The van der Waals surface area contributed by atoms with Crippen LogP contribution in [0.4, 0.5) is 0 Å². The van der Waals surface area contributed by atoms with E-state index in [1.54, 1.807) is 6.20 Å². The smallest absolute Gasteiger partial charge is 0.227 e. The summed E-state index contributed by atoms with van der Waals surface area (Å²) in [6.45, 7) is 2.67. The quantitative estimate of drug-likeness (QED) is 0.764. The summed E-state index contributed by atoms with van der Waals surface area (Å²) >= 11 is 0. The number of likely N-dealkylation sites (tertiary alicyclic amines) is 1. The second-order valence-corrected chi connectivity index (χ2v) is 6.76. The van der Waals surface area contributed by atoms with Gasteiger partial charge in [0, 0.05) is 37.1 Å². The van der Waals surface area contributed by atoms with E-state index in [9.17, 15) is 4.79 Å². The van der Waals surface area contributed by atoms with Crippen LogP contribution in [0.25, 0.3) is 11.0 Å². The lowest BCUT2D eigenvalue weighted by Crippen LogP contribution is -2.29. The molecule has 1 atom stereocenters. The molecular formula is C20H23N5O. The van der Waals surface area contributed by atoms with Gasteiger partial charge in [-0.25, -0.2) is 9.67 Å². The summed E-state index contributed by atoms with van der Waals surface area (Å²) in [5, 5.41) is 5.85. The van der Waals surface area contributed by atoms with Gasteiger partial charge in [-0.2, -0.15) is 5.10 Å². The molecule has 0 bridgehead atoms. The van der Waals surface area contributed by atoms with Gasteiger partial charge in [0.05, 0.1) is 18.7 Å². The Morgan fingerprint density at radius 1 is 1.19 bits per heavy atom. The van der Waals surface area contributed by atoms with Crippen LogP contribution in [0, 0.1) is 0 Å². The van der Waals surface area contributed by atoms with Crippen molar-refractivity contribution in [1.29, 1.82) is 0 Å². The number of amides is 1. The number of nitrogens with zero attached hydrogens (tertiary/aromatic N) is 4. The van der Waals surface area contributed by atoms with Crippen molar-refractivity contribution in [2.75, 3.05) is 19.6 Å². The maximum Gasteiger partial charge on any atom is 0.227 e. The Morgan fingerprint density at radius 3 is 2.85 bits per heavy atom. The van der Waals surface area contributed by atoms with E-state index in [0.717, 1.165) is 41.8 Å². The molecule has 26 heavy (non-hydrogen) atoms. The molecule has 1 fully saturated rings. The molecule has 1 aliphatic heterocycles. The van der Waals surface area contributed by atoms with E-state index in [0.29, 0.717) is 19.5 Å². The van der Waals surface area contributed by atoms with Crippen LogP contribution in [0.3, 0.4) is 0 Å². The second kappa shape index (κ2) is 7.25. The molecule has 1 aliphatic rings. The largest absolute Gasteiger partial charge is 0.342 e. The molecule has 0 aliphatic carbocycles. The molecular weight excluding hydrogens is 326 g/mol. The minimum absolute atomic E-state index is 0.183. The molecule has 1 amide bonds. The predicted molar refractivity (Wildman–Crippen MR) is 101 cm³/mol. The predicted octanol–water partition coefficient (Wildman–Crippen LogP) is 1.95. The van der Waals surface area contributed by atoms with Crippen LogP contribution in [-0.4, -0.2) is 45.2 Å². The highest BCUT2D eigenvalue weighted by molar-refractivity contribution is 5.81. The number of hydrogen-bond acceptors (Lipinski definition) is 4. The van der Waals surface area contributed by atoms with Gasteiger partial charge >= 0.3 is 0 Å². The first-order valence-corrected chi connectivity index (χ1v) is 9.09. The van der Waals surface area contributed by atoms with Crippen molar-refractivity contribution >= 4 is 16.9 Å². The summed E-state index contributed by atoms with van der Waals surface area (Å²) in [5.41, 5.74) is 8.68. The number of fused-ring (bicyclic) bond motifs is 1. The maximum absolute atomic E-state index is 12.6. The van der Waals surface area contributed by atoms with Crippen molar-refractivity contribution in [1.82, 2.24) is 19.7 Å². The Bertz CT molecular complexity index is 905. The van der Waals surface area contributed by atoms with Crippen molar-refractivity contribution < 1.29 is 4.79 Å². The van der Waals surface area contributed by atoms with Gasteiger partial charge in [0.15, 0.2) is 5.65 Å². The Kier molecular flexibility index (Phi) is 4.67. The zero-order valence-electron chi connectivity index (χ0n) is 14.7. The number of benzene rings is 1. The zero-order chi connectivity index (χ0) is 17.9. The molecule has 0 saturated carbocycles. The van der Waals surface area contributed by atoms with E-state index in [2.05, 4.69) is 11.1 Å². The van der Waals surface area contributed by atoms with Crippen molar-refractivity contribution in [3.8, 4) is 0 Å². The Labute approximate surface area is 152 Å². The maximum atomic E-state index is 12.6. The molecule has 0 radical (unpaired) electrons. The second-order valence-electron chi connectivity index (χ2n) is 6.76. The number of aromatic nitrogens is 3. The van der Waals surface area contributed by atoms with Gasteiger partial charge in [0.2, 0.25) is 5.91 Å². The molecule has 6 heteroatoms. The lowest BCUT2D eigenvalue weighted by atomic mass is 10.0.